The zero-order valence-corrected chi connectivity index (χ0v) is 10.6. The van der Waals surface area contributed by atoms with Crippen molar-refractivity contribution in [3.63, 3.8) is 0 Å². The zero-order chi connectivity index (χ0) is 14.1. The first-order valence-electron chi connectivity index (χ1n) is 5.46. The number of hydrogen-bond donors (Lipinski definition) is 2. The molecule has 0 aromatic heterocycles. The van der Waals surface area contributed by atoms with Crippen molar-refractivity contribution in [3.05, 3.63) is 0 Å². The van der Waals surface area contributed by atoms with Crippen LogP contribution in [0.1, 0.15) is 6.92 Å². The lowest BCUT2D eigenvalue weighted by atomic mass is 10.4. The second-order valence-corrected chi connectivity index (χ2v) is 3.62. The van der Waals surface area contributed by atoms with Crippen molar-refractivity contribution in [2.24, 2.45) is 5.73 Å². The predicted molar refractivity (Wildman–Crippen MR) is 62.9 cm³/mol. The molecule has 0 heterocycles. The van der Waals surface area contributed by atoms with Crippen LogP contribution in [0.3, 0.4) is 0 Å². The van der Waals surface area contributed by atoms with Crippen molar-refractivity contribution in [2.45, 2.75) is 6.92 Å². The number of primary amides is 1. The molecule has 104 valence electrons. The van der Waals surface area contributed by atoms with E-state index in [9.17, 15) is 14.4 Å². The number of amides is 3. The minimum absolute atomic E-state index is 0.307. The van der Waals surface area contributed by atoms with Crippen LogP contribution in [-0.2, 0) is 14.3 Å². The lowest BCUT2D eigenvalue weighted by Crippen LogP contribution is -2.48. The van der Waals surface area contributed by atoms with Gasteiger partial charge in [-0.25, -0.2) is 4.79 Å². The maximum absolute atomic E-state index is 11.8. The number of nitrogens with two attached hydrogens (primary N) is 1. The number of carboxylic acids is 1. The third-order valence-corrected chi connectivity index (χ3v) is 2.05. The number of likely N-dealkylation sites (N-methyl/N-ethyl adjacent to an activating group) is 1. The van der Waals surface area contributed by atoms with E-state index in [2.05, 4.69) is 0 Å². The van der Waals surface area contributed by atoms with Gasteiger partial charge < -0.3 is 25.4 Å². The highest BCUT2D eigenvalue weighted by Crippen LogP contribution is 1.97. The fourth-order valence-electron chi connectivity index (χ4n) is 1.23. The standard InChI is InChI=1S/C10H19N3O5/c1-3-18-5-4-12(2)10(17)13(6-8(11)14)7-9(15)16/h3-7H2,1-2H3,(H2,11,14)(H,15,16). The minimum atomic E-state index is -1.21. The van der Waals surface area contributed by atoms with E-state index in [1.165, 1.54) is 11.9 Å². The van der Waals surface area contributed by atoms with Crippen molar-refractivity contribution in [3.8, 4) is 0 Å². The lowest BCUT2D eigenvalue weighted by molar-refractivity contribution is -0.138. The van der Waals surface area contributed by atoms with Gasteiger partial charge in [-0.05, 0) is 6.92 Å². The number of carbonyl (C=O) groups is 3. The van der Waals surface area contributed by atoms with Gasteiger partial charge in [0.2, 0.25) is 5.91 Å². The first-order chi connectivity index (χ1) is 8.38. The molecule has 8 nitrogen and oxygen atoms in total. The third kappa shape index (κ3) is 6.69. The van der Waals surface area contributed by atoms with Crippen LogP contribution in [0.4, 0.5) is 4.79 Å². The molecule has 8 heteroatoms. The molecule has 0 aliphatic heterocycles. The summed E-state index contributed by atoms with van der Waals surface area (Å²) in [6, 6.07) is -0.573. The second-order valence-electron chi connectivity index (χ2n) is 3.62. The minimum Gasteiger partial charge on any atom is -0.480 e. The van der Waals surface area contributed by atoms with Crippen LogP contribution in [0.2, 0.25) is 0 Å². The van der Waals surface area contributed by atoms with E-state index in [4.69, 9.17) is 15.6 Å². The number of carboxylic acid groups (broad SMARTS) is 1. The summed E-state index contributed by atoms with van der Waals surface area (Å²) in [4.78, 5) is 35.3. The summed E-state index contributed by atoms with van der Waals surface area (Å²) in [7, 11) is 1.50. The van der Waals surface area contributed by atoms with Gasteiger partial charge in [0.05, 0.1) is 6.61 Å². The number of urea groups is 1. The van der Waals surface area contributed by atoms with E-state index >= 15 is 0 Å². The predicted octanol–water partition coefficient (Wildman–Crippen LogP) is -1.05. The van der Waals surface area contributed by atoms with Crippen molar-refractivity contribution in [2.75, 3.05) is 39.9 Å². The number of hydrogen-bond acceptors (Lipinski definition) is 4. The number of carbonyl (C=O) groups excluding carboxylic acids is 2. The van der Waals surface area contributed by atoms with Crippen molar-refractivity contribution < 1.29 is 24.2 Å². The highest BCUT2D eigenvalue weighted by Gasteiger charge is 2.21. The van der Waals surface area contributed by atoms with Gasteiger partial charge in [-0.1, -0.05) is 0 Å². The van der Waals surface area contributed by atoms with Crippen molar-refractivity contribution in [1.82, 2.24) is 9.80 Å². The average molecular weight is 261 g/mol. The molecule has 3 N–H and O–H groups in total. The normalized spacial score (nSPS) is 9.89. The summed E-state index contributed by atoms with van der Waals surface area (Å²) in [6.45, 7) is 2.01. The third-order valence-electron chi connectivity index (χ3n) is 2.05. The number of nitrogens with zero attached hydrogens (tertiary/aromatic N) is 2. The molecule has 0 aliphatic carbocycles. The SMILES string of the molecule is CCOCCN(C)C(=O)N(CC(N)=O)CC(=O)O. The summed E-state index contributed by atoms with van der Waals surface area (Å²) >= 11 is 0. The molecule has 0 bridgehead atoms. The summed E-state index contributed by atoms with van der Waals surface area (Å²) < 4.78 is 5.08. The Hall–Kier alpha value is -1.83. The number of aliphatic carboxylic acids is 1. The Kier molecular flexibility index (Phi) is 7.45. The van der Waals surface area contributed by atoms with Crippen LogP contribution >= 0.6 is 0 Å². The average Bonchev–Trinajstić information content (AvgIpc) is 2.26. The lowest BCUT2D eigenvalue weighted by Gasteiger charge is -2.25. The van der Waals surface area contributed by atoms with E-state index in [1.54, 1.807) is 0 Å². The molecule has 18 heavy (non-hydrogen) atoms. The monoisotopic (exact) mass is 261 g/mol. The van der Waals surface area contributed by atoms with Gasteiger partial charge in [-0.3, -0.25) is 9.59 Å². The molecule has 0 fully saturated rings. The molecule has 3 amide bonds. The Morgan fingerprint density at radius 1 is 1.28 bits per heavy atom. The van der Waals surface area contributed by atoms with E-state index in [1.807, 2.05) is 6.92 Å². The van der Waals surface area contributed by atoms with Crippen LogP contribution in [0.15, 0.2) is 0 Å². The molecular formula is C10H19N3O5. The molecule has 0 rings (SSSR count). The number of ether oxygens (including phenoxy) is 1. The van der Waals surface area contributed by atoms with E-state index in [0.717, 1.165) is 4.90 Å². The fourth-order valence-corrected chi connectivity index (χ4v) is 1.23. The summed E-state index contributed by atoms with van der Waals surface area (Å²) in [5.74, 6) is -1.97. The van der Waals surface area contributed by atoms with Crippen LogP contribution < -0.4 is 5.73 Å². The van der Waals surface area contributed by atoms with E-state index in [-0.39, 0.29) is 0 Å². The second kappa shape index (κ2) is 8.29. The van der Waals surface area contributed by atoms with Crippen LogP contribution in [-0.4, -0.2) is 72.7 Å². The maximum Gasteiger partial charge on any atom is 0.323 e. The summed E-state index contributed by atoms with van der Waals surface area (Å²) in [5.41, 5.74) is 4.96. The first kappa shape index (κ1) is 16.2. The van der Waals surface area contributed by atoms with Crippen molar-refractivity contribution >= 4 is 17.9 Å². The smallest absolute Gasteiger partial charge is 0.323 e. The molecule has 0 atom stereocenters. The van der Waals surface area contributed by atoms with Gasteiger partial charge in [0.1, 0.15) is 13.1 Å². The highest BCUT2D eigenvalue weighted by atomic mass is 16.5. The van der Waals surface area contributed by atoms with Gasteiger partial charge >= 0.3 is 12.0 Å². The number of rotatable bonds is 8. The zero-order valence-electron chi connectivity index (χ0n) is 10.6. The Bertz CT molecular complexity index is 292. The molecule has 0 spiro atoms. The molecule has 0 unspecified atom stereocenters. The topological polar surface area (TPSA) is 113 Å². The molecule has 0 aliphatic rings. The van der Waals surface area contributed by atoms with Crippen LogP contribution in [0.25, 0.3) is 0 Å². The quantitative estimate of drug-likeness (QED) is 0.541. The van der Waals surface area contributed by atoms with Crippen molar-refractivity contribution in [1.29, 1.82) is 0 Å². The van der Waals surface area contributed by atoms with Gasteiger partial charge in [-0.2, -0.15) is 0 Å². The Morgan fingerprint density at radius 3 is 2.33 bits per heavy atom. The Labute approximate surface area is 105 Å². The largest absolute Gasteiger partial charge is 0.480 e. The van der Waals surface area contributed by atoms with Gasteiger partial charge in [0, 0.05) is 20.2 Å². The van der Waals surface area contributed by atoms with Crippen LogP contribution in [0, 0.1) is 0 Å². The Balaban J connectivity index is 4.42. The van der Waals surface area contributed by atoms with Gasteiger partial charge in [0.15, 0.2) is 0 Å². The molecule has 0 aromatic rings. The van der Waals surface area contributed by atoms with Gasteiger partial charge in [-0.15, -0.1) is 0 Å². The van der Waals surface area contributed by atoms with Crippen LogP contribution in [0.5, 0.6) is 0 Å². The van der Waals surface area contributed by atoms with E-state index < -0.39 is 31.0 Å². The molecule has 0 radical (unpaired) electrons. The molecule has 0 saturated heterocycles. The first-order valence-corrected chi connectivity index (χ1v) is 5.46. The maximum atomic E-state index is 11.8. The van der Waals surface area contributed by atoms with Gasteiger partial charge in [0.25, 0.3) is 0 Å². The van der Waals surface area contributed by atoms with E-state index in [0.29, 0.717) is 19.8 Å². The highest BCUT2D eigenvalue weighted by molar-refractivity contribution is 5.85. The fraction of sp³-hybridized carbons (Fsp3) is 0.700. The molecular weight excluding hydrogens is 242 g/mol. The Morgan fingerprint density at radius 2 is 1.89 bits per heavy atom. The summed E-state index contributed by atoms with van der Waals surface area (Å²) in [6.07, 6.45) is 0. The molecule has 0 aromatic carbocycles. The summed E-state index contributed by atoms with van der Waals surface area (Å²) in [5, 5.41) is 8.65. The molecule has 0 saturated carbocycles.